The molecule has 0 bridgehead atoms. The third-order valence-corrected chi connectivity index (χ3v) is 4.36. The zero-order valence-corrected chi connectivity index (χ0v) is 11.3. The predicted octanol–water partition coefficient (Wildman–Crippen LogP) is 2.78. The Kier molecular flexibility index (Phi) is 3.80. The molecule has 1 aromatic rings. The van der Waals surface area contributed by atoms with Gasteiger partial charge in [0.15, 0.2) is 0 Å². The highest BCUT2D eigenvalue weighted by Gasteiger charge is 2.21. The van der Waals surface area contributed by atoms with E-state index in [-0.39, 0.29) is 13.5 Å². The lowest BCUT2D eigenvalue weighted by Crippen LogP contribution is -1.97. The van der Waals surface area contributed by atoms with Crippen LogP contribution in [0.3, 0.4) is 0 Å². The molecule has 0 unspecified atom stereocenters. The van der Waals surface area contributed by atoms with Crippen LogP contribution in [0.1, 0.15) is 0 Å². The van der Waals surface area contributed by atoms with E-state index in [0.717, 1.165) is 12.1 Å². The summed E-state index contributed by atoms with van der Waals surface area (Å²) in [7, 11) is 1.07. The quantitative estimate of drug-likeness (QED) is 0.341. The van der Waals surface area contributed by atoms with Crippen molar-refractivity contribution in [3.05, 3.63) is 30.8 Å². The predicted molar refractivity (Wildman–Crippen MR) is 63.9 cm³/mol. The van der Waals surface area contributed by atoms with Crippen molar-refractivity contribution >= 4 is 59.6 Å². The van der Waals surface area contributed by atoms with Gasteiger partial charge in [-0.05, 0) is 28.7 Å². The Balaban J connectivity index is 3.57. The number of benzene rings is 1. The molecule has 82 valence electrons. The van der Waals surface area contributed by atoms with Gasteiger partial charge in [0.05, 0.1) is 9.82 Å². The number of hydrogen-bond acceptors (Lipinski definition) is 4. The van der Waals surface area contributed by atoms with Gasteiger partial charge in [0.25, 0.3) is 14.7 Å². The zero-order valence-electron chi connectivity index (χ0n) is 6.78. The summed E-state index contributed by atoms with van der Waals surface area (Å²) < 4.78 is 22.2. The molecule has 0 saturated heterocycles. The lowest BCUT2D eigenvalue weighted by molar-refractivity contribution is -0.385. The van der Waals surface area contributed by atoms with E-state index in [1.165, 1.54) is 0 Å². The van der Waals surface area contributed by atoms with Crippen LogP contribution in [0.25, 0.3) is 0 Å². The number of halogens is 3. The van der Waals surface area contributed by atoms with Crippen LogP contribution in [0.4, 0.5) is 5.69 Å². The fraction of sp³-hybridized carbons (Fsp3) is 0. The summed E-state index contributed by atoms with van der Waals surface area (Å²) in [6, 6.07) is 1.99. The number of hydrogen-bond donors (Lipinski definition) is 0. The Morgan fingerprint density at radius 2 is 1.93 bits per heavy atom. The minimum atomic E-state index is -3.99. The molecular formula is C6H2Cl2INO4S. The van der Waals surface area contributed by atoms with Gasteiger partial charge >= 0.3 is 0 Å². The summed E-state index contributed by atoms with van der Waals surface area (Å²) in [5.41, 5.74) is -0.484. The van der Waals surface area contributed by atoms with Gasteiger partial charge in [-0.15, -0.1) is 0 Å². The first kappa shape index (κ1) is 12.9. The number of nitro groups is 1. The van der Waals surface area contributed by atoms with Gasteiger partial charge in [0.1, 0.15) is 5.02 Å². The molecule has 0 spiro atoms. The Bertz CT molecular complexity index is 530. The number of rotatable bonds is 2. The second-order valence-corrected chi connectivity index (χ2v) is 6.54. The fourth-order valence-corrected chi connectivity index (χ4v) is 2.60. The highest BCUT2D eigenvalue weighted by Crippen LogP contribution is 2.33. The lowest BCUT2D eigenvalue weighted by atomic mass is 10.3. The third-order valence-electron chi connectivity index (χ3n) is 1.46. The summed E-state index contributed by atoms with van der Waals surface area (Å²) in [5.74, 6) is 0. The van der Waals surface area contributed by atoms with Crippen LogP contribution < -0.4 is 0 Å². The Labute approximate surface area is 108 Å². The van der Waals surface area contributed by atoms with Crippen LogP contribution in [0.15, 0.2) is 17.0 Å². The molecule has 0 atom stereocenters. The number of nitrogens with zero attached hydrogens (tertiary/aromatic N) is 1. The molecule has 1 aromatic carbocycles. The highest BCUT2D eigenvalue weighted by atomic mass is 127. The molecule has 0 saturated carbocycles. The van der Waals surface area contributed by atoms with Crippen LogP contribution in [-0.2, 0) is 9.05 Å². The molecule has 0 aromatic heterocycles. The zero-order chi connectivity index (χ0) is 11.8. The summed E-state index contributed by atoms with van der Waals surface area (Å²) in [5, 5.41) is 10.4. The van der Waals surface area contributed by atoms with Gasteiger partial charge in [-0.3, -0.25) is 10.1 Å². The topological polar surface area (TPSA) is 77.3 Å². The molecule has 0 amide bonds. The van der Waals surface area contributed by atoms with Gasteiger partial charge in [-0.2, -0.15) is 0 Å². The fourth-order valence-electron chi connectivity index (χ4n) is 0.824. The number of nitro benzene ring substituents is 1. The first-order valence-corrected chi connectivity index (χ1v) is 7.08. The average Bonchev–Trinajstić information content (AvgIpc) is 2.06. The van der Waals surface area contributed by atoms with Crippen molar-refractivity contribution in [3.63, 3.8) is 0 Å². The summed E-state index contributed by atoms with van der Waals surface area (Å²) >= 11 is 7.31. The Hall–Kier alpha value is -0.120. The van der Waals surface area contributed by atoms with E-state index < -0.39 is 19.7 Å². The minimum Gasteiger partial charge on any atom is -0.258 e. The maximum absolute atomic E-state index is 11.0. The van der Waals surface area contributed by atoms with Crippen molar-refractivity contribution in [1.82, 2.24) is 0 Å². The first-order chi connectivity index (χ1) is 6.73. The maximum Gasteiger partial charge on any atom is 0.290 e. The molecule has 0 aliphatic rings. The molecule has 1 rings (SSSR count). The highest BCUT2D eigenvalue weighted by molar-refractivity contribution is 14.1. The van der Waals surface area contributed by atoms with Crippen LogP contribution in [0, 0.1) is 13.7 Å². The van der Waals surface area contributed by atoms with E-state index in [9.17, 15) is 18.5 Å². The largest absolute Gasteiger partial charge is 0.290 e. The molecule has 0 heterocycles. The summed E-state index contributed by atoms with van der Waals surface area (Å²) in [6.45, 7) is 0. The molecule has 0 aliphatic heterocycles. The van der Waals surface area contributed by atoms with Gasteiger partial charge in [-0.1, -0.05) is 11.6 Å². The summed E-state index contributed by atoms with van der Waals surface area (Å²) in [4.78, 5) is 9.42. The van der Waals surface area contributed by atoms with Crippen molar-refractivity contribution in [2.24, 2.45) is 0 Å². The lowest BCUT2D eigenvalue weighted by Gasteiger charge is -2.01. The van der Waals surface area contributed by atoms with E-state index in [4.69, 9.17) is 22.3 Å². The normalized spacial score (nSPS) is 11.4. The molecule has 9 heteroatoms. The molecule has 15 heavy (non-hydrogen) atoms. The van der Waals surface area contributed by atoms with E-state index in [0.29, 0.717) is 0 Å². The molecule has 0 radical (unpaired) electrons. The van der Waals surface area contributed by atoms with E-state index >= 15 is 0 Å². The Morgan fingerprint density at radius 3 is 2.33 bits per heavy atom. The van der Waals surface area contributed by atoms with Crippen LogP contribution >= 0.6 is 44.9 Å². The average molecular weight is 382 g/mol. The van der Waals surface area contributed by atoms with Gasteiger partial charge in [-0.25, -0.2) is 8.42 Å². The molecule has 0 fully saturated rings. The van der Waals surface area contributed by atoms with Crippen molar-refractivity contribution in [2.75, 3.05) is 0 Å². The molecule has 5 nitrogen and oxygen atoms in total. The van der Waals surface area contributed by atoms with E-state index in [2.05, 4.69) is 0 Å². The van der Waals surface area contributed by atoms with Crippen molar-refractivity contribution < 1.29 is 13.3 Å². The standard InChI is InChI=1S/C6H2Cl2INO4S/c7-6-4(9)1-3(15(8,13)14)2-5(6)10(11)12/h1-2H. The van der Waals surface area contributed by atoms with Crippen molar-refractivity contribution in [1.29, 1.82) is 0 Å². The third kappa shape index (κ3) is 2.92. The van der Waals surface area contributed by atoms with Crippen molar-refractivity contribution in [3.8, 4) is 0 Å². The Morgan fingerprint density at radius 1 is 1.40 bits per heavy atom. The maximum atomic E-state index is 11.0. The minimum absolute atomic E-state index is 0.107. The molecule has 0 aliphatic carbocycles. The van der Waals surface area contributed by atoms with Gasteiger partial charge < -0.3 is 0 Å². The second kappa shape index (κ2) is 4.40. The van der Waals surface area contributed by atoms with Crippen LogP contribution in [-0.4, -0.2) is 13.3 Å². The van der Waals surface area contributed by atoms with E-state index in [1.54, 1.807) is 22.6 Å². The molecule has 0 N–H and O–H groups in total. The van der Waals surface area contributed by atoms with Gasteiger partial charge in [0, 0.05) is 20.3 Å². The second-order valence-electron chi connectivity index (χ2n) is 2.43. The monoisotopic (exact) mass is 381 g/mol. The van der Waals surface area contributed by atoms with Crippen LogP contribution in [0.5, 0.6) is 0 Å². The van der Waals surface area contributed by atoms with Crippen LogP contribution in [0.2, 0.25) is 5.02 Å². The van der Waals surface area contributed by atoms with E-state index in [1.807, 2.05) is 0 Å². The van der Waals surface area contributed by atoms with Crippen molar-refractivity contribution in [2.45, 2.75) is 4.90 Å². The first-order valence-electron chi connectivity index (χ1n) is 3.31. The smallest absolute Gasteiger partial charge is 0.258 e. The molecular weight excluding hydrogens is 380 g/mol. The van der Waals surface area contributed by atoms with Gasteiger partial charge in [0.2, 0.25) is 0 Å². The SMILES string of the molecule is O=[N+]([O-])c1cc(S(=O)(=O)Cl)cc(I)c1Cl. The summed E-state index contributed by atoms with van der Waals surface area (Å²) in [6.07, 6.45) is 0.